The smallest absolute Gasteiger partial charge is 0.266 e. The molecule has 0 aliphatic heterocycles. The number of halogens is 2. The Balaban J connectivity index is 2.54. The zero-order valence-electron chi connectivity index (χ0n) is 6.13. The number of hydrogen-bond donors (Lipinski definition) is 0. The topological polar surface area (TPSA) is 65.1 Å². The van der Waals surface area contributed by atoms with E-state index in [2.05, 4.69) is 15.5 Å². The third-order valence-corrected chi connectivity index (χ3v) is 1.85. The van der Waals surface area contributed by atoms with Crippen LogP contribution >= 0.6 is 23.2 Å². The number of carbonyl (C=O) groups excluding carboxylic acids is 1. The predicted octanol–water partition coefficient (Wildman–Crippen LogP) is 0.370. The minimum atomic E-state index is -1.12. The standard InChI is InChI=1S/C5H3Cl2N5O/c6-3(7)4(13)11-1-2-12-5(11)8-9-10-12/h1-3H. The number of hydrogen-bond acceptors (Lipinski definition) is 4. The Labute approximate surface area is 82.0 Å². The van der Waals surface area contributed by atoms with Crippen LogP contribution in [0.3, 0.4) is 0 Å². The second-order valence-corrected chi connectivity index (χ2v) is 3.33. The van der Waals surface area contributed by atoms with Gasteiger partial charge in [-0.1, -0.05) is 28.3 Å². The summed E-state index contributed by atoms with van der Waals surface area (Å²) in [6, 6.07) is 0. The largest absolute Gasteiger partial charge is 0.271 e. The van der Waals surface area contributed by atoms with Crippen LogP contribution in [-0.2, 0) is 0 Å². The van der Waals surface area contributed by atoms with Gasteiger partial charge in [0.25, 0.3) is 11.7 Å². The van der Waals surface area contributed by atoms with Gasteiger partial charge in [0.05, 0.1) is 6.20 Å². The lowest BCUT2D eigenvalue weighted by atomic mass is 10.6. The molecule has 8 heteroatoms. The van der Waals surface area contributed by atoms with E-state index in [-0.39, 0.29) is 5.78 Å². The van der Waals surface area contributed by atoms with Crippen molar-refractivity contribution in [1.29, 1.82) is 0 Å². The molecular weight excluding hydrogens is 217 g/mol. The van der Waals surface area contributed by atoms with Crippen molar-refractivity contribution in [3.8, 4) is 0 Å². The van der Waals surface area contributed by atoms with Crippen molar-refractivity contribution in [2.24, 2.45) is 0 Å². The summed E-state index contributed by atoms with van der Waals surface area (Å²) < 4.78 is 2.53. The van der Waals surface area contributed by atoms with Crippen LogP contribution in [-0.4, -0.2) is 35.4 Å². The average Bonchev–Trinajstić information content (AvgIpc) is 2.61. The van der Waals surface area contributed by atoms with E-state index >= 15 is 0 Å². The van der Waals surface area contributed by atoms with Gasteiger partial charge in [0, 0.05) is 6.20 Å². The molecule has 0 unspecified atom stereocenters. The molecule has 2 rings (SSSR count). The Bertz CT molecular complexity index is 446. The van der Waals surface area contributed by atoms with Crippen molar-refractivity contribution in [2.45, 2.75) is 4.84 Å². The molecule has 0 amide bonds. The van der Waals surface area contributed by atoms with Crippen molar-refractivity contribution in [3.63, 3.8) is 0 Å². The minimum absolute atomic E-state index is 0.288. The maximum Gasteiger partial charge on any atom is 0.266 e. The number of alkyl halides is 2. The van der Waals surface area contributed by atoms with Gasteiger partial charge in [0.15, 0.2) is 4.84 Å². The highest BCUT2D eigenvalue weighted by atomic mass is 35.5. The van der Waals surface area contributed by atoms with Gasteiger partial charge in [-0.25, -0.2) is 0 Å². The van der Waals surface area contributed by atoms with E-state index in [1.165, 1.54) is 21.5 Å². The van der Waals surface area contributed by atoms with Gasteiger partial charge in [-0.3, -0.25) is 9.36 Å². The first-order valence-electron chi connectivity index (χ1n) is 3.27. The highest BCUT2D eigenvalue weighted by Gasteiger charge is 2.17. The molecule has 0 N–H and O–H groups in total. The van der Waals surface area contributed by atoms with Crippen LogP contribution in [0.1, 0.15) is 4.79 Å². The molecule has 68 valence electrons. The molecule has 0 aliphatic carbocycles. The fourth-order valence-electron chi connectivity index (χ4n) is 0.918. The van der Waals surface area contributed by atoms with E-state index in [9.17, 15) is 4.79 Å². The van der Waals surface area contributed by atoms with Gasteiger partial charge in [-0.2, -0.15) is 4.52 Å². The summed E-state index contributed by atoms with van der Waals surface area (Å²) in [4.78, 5) is 10.2. The predicted molar refractivity (Wildman–Crippen MR) is 44.9 cm³/mol. The number of rotatable bonds is 1. The van der Waals surface area contributed by atoms with Crippen LogP contribution in [0.4, 0.5) is 0 Å². The summed E-state index contributed by atoms with van der Waals surface area (Å²) in [5.41, 5.74) is 0. The van der Waals surface area contributed by atoms with Gasteiger partial charge in [-0.15, -0.1) is 0 Å². The van der Waals surface area contributed by atoms with Crippen LogP contribution in [0.15, 0.2) is 12.4 Å². The lowest BCUT2D eigenvalue weighted by Gasteiger charge is -1.99. The van der Waals surface area contributed by atoms with E-state index in [1.807, 2.05) is 0 Å². The maximum atomic E-state index is 11.3. The van der Waals surface area contributed by atoms with Crippen LogP contribution in [0.2, 0.25) is 0 Å². The molecule has 6 nitrogen and oxygen atoms in total. The van der Waals surface area contributed by atoms with E-state index in [0.29, 0.717) is 0 Å². The van der Waals surface area contributed by atoms with Crippen LogP contribution in [0.5, 0.6) is 0 Å². The van der Waals surface area contributed by atoms with Crippen LogP contribution in [0.25, 0.3) is 5.78 Å². The van der Waals surface area contributed by atoms with Crippen LogP contribution < -0.4 is 0 Å². The van der Waals surface area contributed by atoms with Gasteiger partial charge < -0.3 is 0 Å². The lowest BCUT2D eigenvalue weighted by molar-refractivity contribution is 0.0933. The zero-order chi connectivity index (χ0) is 9.42. The zero-order valence-corrected chi connectivity index (χ0v) is 7.64. The van der Waals surface area contributed by atoms with Gasteiger partial charge in [0.2, 0.25) is 0 Å². The van der Waals surface area contributed by atoms with Gasteiger partial charge >= 0.3 is 0 Å². The van der Waals surface area contributed by atoms with E-state index in [1.54, 1.807) is 0 Å². The molecule has 2 aromatic heterocycles. The molecule has 0 saturated heterocycles. The lowest BCUT2D eigenvalue weighted by Crippen LogP contribution is -2.17. The quantitative estimate of drug-likeness (QED) is 0.651. The second-order valence-electron chi connectivity index (χ2n) is 2.23. The Morgan fingerprint density at radius 1 is 1.46 bits per heavy atom. The van der Waals surface area contributed by atoms with Gasteiger partial charge in [0.1, 0.15) is 0 Å². The molecule has 0 saturated carbocycles. The highest BCUT2D eigenvalue weighted by Crippen LogP contribution is 2.08. The highest BCUT2D eigenvalue weighted by molar-refractivity contribution is 6.53. The summed E-state index contributed by atoms with van der Waals surface area (Å²) >= 11 is 10.8. The summed E-state index contributed by atoms with van der Waals surface area (Å²) in [6.45, 7) is 0. The minimum Gasteiger partial charge on any atom is -0.271 e. The van der Waals surface area contributed by atoms with Crippen molar-refractivity contribution in [3.05, 3.63) is 12.4 Å². The van der Waals surface area contributed by atoms with Crippen molar-refractivity contribution in [1.82, 2.24) is 24.6 Å². The normalized spacial score (nSPS) is 11.3. The SMILES string of the molecule is O=C(C(Cl)Cl)n1ccn2nnnc12. The first-order valence-corrected chi connectivity index (χ1v) is 4.15. The second kappa shape index (κ2) is 2.97. The molecule has 0 aromatic carbocycles. The number of imidazole rings is 1. The summed E-state index contributed by atoms with van der Waals surface area (Å²) in [5, 5.41) is 10.6. The van der Waals surface area contributed by atoms with E-state index in [4.69, 9.17) is 23.2 Å². The summed E-state index contributed by atoms with van der Waals surface area (Å²) in [7, 11) is 0. The number of aromatic nitrogens is 5. The summed E-state index contributed by atoms with van der Waals surface area (Å²) in [5.74, 6) is -0.190. The first kappa shape index (κ1) is 8.46. The molecule has 0 fully saturated rings. The maximum absolute atomic E-state index is 11.3. The van der Waals surface area contributed by atoms with E-state index < -0.39 is 10.7 Å². The third kappa shape index (κ3) is 1.27. The number of tetrazole rings is 1. The molecular formula is C5H3Cl2N5O. The fourth-order valence-corrected chi connectivity index (χ4v) is 1.13. The molecule has 0 aliphatic rings. The number of carbonyl (C=O) groups is 1. The van der Waals surface area contributed by atoms with Crippen LogP contribution in [0, 0.1) is 0 Å². The monoisotopic (exact) mass is 219 g/mol. The molecule has 13 heavy (non-hydrogen) atoms. The Morgan fingerprint density at radius 3 is 2.92 bits per heavy atom. The van der Waals surface area contributed by atoms with Gasteiger partial charge in [-0.05, 0) is 10.4 Å². The average molecular weight is 220 g/mol. The Kier molecular flexibility index (Phi) is 1.93. The first-order chi connectivity index (χ1) is 6.20. The van der Waals surface area contributed by atoms with Crippen molar-refractivity contribution < 1.29 is 4.79 Å². The number of fused-ring (bicyclic) bond motifs is 1. The van der Waals surface area contributed by atoms with Crippen molar-refractivity contribution in [2.75, 3.05) is 0 Å². The number of nitrogens with zero attached hydrogens (tertiary/aromatic N) is 5. The van der Waals surface area contributed by atoms with E-state index in [0.717, 1.165) is 0 Å². The molecule has 0 spiro atoms. The Hall–Kier alpha value is -1.14. The molecule has 0 atom stereocenters. The molecule has 2 heterocycles. The molecule has 0 radical (unpaired) electrons. The fraction of sp³-hybridized carbons (Fsp3) is 0.200. The van der Waals surface area contributed by atoms with Crippen molar-refractivity contribution >= 4 is 34.9 Å². The third-order valence-electron chi connectivity index (χ3n) is 1.47. The Morgan fingerprint density at radius 2 is 2.23 bits per heavy atom. The molecule has 0 bridgehead atoms. The summed E-state index contributed by atoms with van der Waals surface area (Å²) in [6.07, 6.45) is 3.00. The molecule has 2 aromatic rings.